The molecule has 2 aromatic rings. The minimum absolute atomic E-state index is 0.584. The highest BCUT2D eigenvalue weighted by Crippen LogP contribution is 2.19. The number of hydrogen-bond donors (Lipinski definition) is 1. The van der Waals surface area contributed by atoms with Gasteiger partial charge in [-0.05, 0) is 44.3 Å². The highest BCUT2D eigenvalue weighted by molar-refractivity contribution is 5.46. The molecule has 0 saturated carbocycles. The SMILES string of the molecule is Cn1ccc(-c2noc(CCC3CCNCC3)n2)n1. The van der Waals surface area contributed by atoms with Gasteiger partial charge in [0.05, 0.1) is 0 Å². The molecule has 6 heteroatoms. The van der Waals surface area contributed by atoms with Crippen molar-refractivity contribution in [1.82, 2.24) is 25.2 Å². The Bertz CT molecular complexity index is 527. The molecule has 1 fully saturated rings. The van der Waals surface area contributed by atoms with Crippen LogP contribution < -0.4 is 5.32 Å². The third kappa shape index (κ3) is 3.01. The number of nitrogens with zero attached hydrogens (tertiary/aromatic N) is 4. The van der Waals surface area contributed by atoms with Crippen LogP contribution >= 0.6 is 0 Å². The largest absolute Gasteiger partial charge is 0.339 e. The zero-order chi connectivity index (χ0) is 13.1. The standard InChI is InChI=1S/C13H19N5O/c1-18-9-6-11(16-18)13-15-12(19-17-13)3-2-10-4-7-14-8-5-10/h6,9-10,14H,2-5,7-8H2,1H3. The number of hydrogen-bond acceptors (Lipinski definition) is 5. The zero-order valence-corrected chi connectivity index (χ0v) is 11.2. The van der Waals surface area contributed by atoms with Crippen LogP contribution in [0.15, 0.2) is 16.8 Å². The summed E-state index contributed by atoms with van der Waals surface area (Å²) >= 11 is 0. The Balaban J connectivity index is 1.58. The van der Waals surface area contributed by atoms with Gasteiger partial charge in [0.15, 0.2) is 0 Å². The summed E-state index contributed by atoms with van der Waals surface area (Å²) in [6.07, 6.45) is 6.37. The Hall–Kier alpha value is -1.69. The molecule has 19 heavy (non-hydrogen) atoms. The van der Waals surface area contributed by atoms with Gasteiger partial charge in [0.1, 0.15) is 5.69 Å². The van der Waals surface area contributed by atoms with Gasteiger partial charge >= 0.3 is 0 Å². The van der Waals surface area contributed by atoms with E-state index in [2.05, 4.69) is 20.6 Å². The summed E-state index contributed by atoms with van der Waals surface area (Å²) in [5.41, 5.74) is 0.763. The van der Waals surface area contributed by atoms with Gasteiger partial charge < -0.3 is 9.84 Å². The van der Waals surface area contributed by atoms with Gasteiger partial charge in [0.2, 0.25) is 11.7 Å². The van der Waals surface area contributed by atoms with Gasteiger partial charge in [-0.3, -0.25) is 4.68 Å². The van der Waals surface area contributed by atoms with E-state index in [-0.39, 0.29) is 0 Å². The molecule has 0 atom stereocenters. The maximum atomic E-state index is 5.29. The van der Waals surface area contributed by atoms with Crippen LogP contribution in [0.1, 0.15) is 25.2 Å². The van der Waals surface area contributed by atoms with Crippen molar-refractivity contribution in [2.45, 2.75) is 25.7 Å². The molecule has 0 unspecified atom stereocenters. The van der Waals surface area contributed by atoms with E-state index in [4.69, 9.17) is 4.52 Å². The number of nitrogens with one attached hydrogen (secondary N) is 1. The Morgan fingerprint density at radius 3 is 3.00 bits per heavy atom. The van der Waals surface area contributed by atoms with Crippen molar-refractivity contribution >= 4 is 0 Å². The minimum atomic E-state index is 0.584. The Morgan fingerprint density at radius 1 is 1.42 bits per heavy atom. The van der Waals surface area contributed by atoms with Gasteiger partial charge in [0.25, 0.3) is 0 Å². The van der Waals surface area contributed by atoms with Crippen LogP contribution in [0.4, 0.5) is 0 Å². The molecule has 1 saturated heterocycles. The lowest BCUT2D eigenvalue weighted by Crippen LogP contribution is -2.27. The molecule has 1 aliphatic heterocycles. The molecule has 1 N–H and O–H groups in total. The van der Waals surface area contributed by atoms with E-state index in [0.29, 0.717) is 5.82 Å². The fraction of sp³-hybridized carbons (Fsp3) is 0.615. The molecular weight excluding hydrogens is 242 g/mol. The Morgan fingerprint density at radius 2 is 2.26 bits per heavy atom. The number of piperidine rings is 1. The van der Waals surface area contributed by atoms with Crippen molar-refractivity contribution in [3.8, 4) is 11.5 Å². The molecular formula is C13H19N5O. The van der Waals surface area contributed by atoms with E-state index in [0.717, 1.165) is 43.4 Å². The van der Waals surface area contributed by atoms with E-state index >= 15 is 0 Å². The molecule has 0 bridgehead atoms. The maximum absolute atomic E-state index is 5.29. The topological polar surface area (TPSA) is 68.8 Å². The fourth-order valence-corrected chi connectivity index (χ4v) is 2.49. The third-order valence-corrected chi connectivity index (χ3v) is 3.64. The smallest absolute Gasteiger partial charge is 0.227 e. The molecule has 0 aliphatic carbocycles. The van der Waals surface area contributed by atoms with E-state index in [1.54, 1.807) is 4.68 Å². The van der Waals surface area contributed by atoms with Crippen LogP contribution in [-0.4, -0.2) is 33.0 Å². The summed E-state index contributed by atoms with van der Waals surface area (Å²) < 4.78 is 7.03. The highest BCUT2D eigenvalue weighted by atomic mass is 16.5. The van der Waals surface area contributed by atoms with Gasteiger partial charge in [0, 0.05) is 19.7 Å². The Kier molecular flexibility index (Phi) is 3.59. The van der Waals surface area contributed by atoms with Crippen molar-refractivity contribution in [2.75, 3.05) is 13.1 Å². The first kappa shape index (κ1) is 12.3. The van der Waals surface area contributed by atoms with Gasteiger partial charge in [-0.15, -0.1) is 0 Å². The molecule has 6 nitrogen and oxygen atoms in total. The van der Waals surface area contributed by atoms with Crippen LogP contribution in [0.5, 0.6) is 0 Å². The van der Waals surface area contributed by atoms with Crippen molar-refractivity contribution in [2.24, 2.45) is 13.0 Å². The van der Waals surface area contributed by atoms with Gasteiger partial charge in [-0.1, -0.05) is 5.16 Å². The lowest BCUT2D eigenvalue weighted by atomic mass is 9.93. The predicted molar refractivity (Wildman–Crippen MR) is 70.4 cm³/mol. The molecule has 0 aromatic carbocycles. The first-order valence-corrected chi connectivity index (χ1v) is 6.84. The Labute approximate surface area is 112 Å². The van der Waals surface area contributed by atoms with Gasteiger partial charge in [-0.2, -0.15) is 10.1 Å². The second-order valence-corrected chi connectivity index (χ2v) is 5.12. The van der Waals surface area contributed by atoms with E-state index in [1.807, 2.05) is 19.3 Å². The average Bonchev–Trinajstić information content (AvgIpc) is 3.06. The van der Waals surface area contributed by atoms with Crippen LogP contribution in [0.3, 0.4) is 0 Å². The number of aromatic nitrogens is 4. The first-order valence-electron chi connectivity index (χ1n) is 6.84. The fourth-order valence-electron chi connectivity index (χ4n) is 2.49. The molecule has 0 amide bonds. The molecule has 0 spiro atoms. The monoisotopic (exact) mass is 261 g/mol. The van der Waals surface area contributed by atoms with Crippen molar-refractivity contribution in [3.63, 3.8) is 0 Å². The maximum Gasteiger partial charge on any atom is 0.227 e. The van der Waals surface area contributed by atoms with Crippen molar-refractivity contribution in [1.29, 1.82) is 0 Å². The van der Waals surface area contributed by atoms with Crippen molar-refractivity contribution in [3.05, 3.63) is 18.2 Å². The molecule has 102 valence electrons. The second-order valence-electron chi connectivity index (χ2n) is 5.12. The van der Waals surface area contributed by atoms with Crippen LogP contribution in [-0.2, 0) is 13.5 Å². The third-order valence-electron chi connectivity index (χ3n) is 3.64. The second kappa shape index (κ2) is 5.52. The summed E-state index contributed by atoms with van der Waals surface area (Å²) in [4.78, 5) is 4.41. The van der Waals surface area contributed by atoms with E-state index in [1.165, 1.54) is 12.8 Å². The van der Waals surface area contributed by atoms with Gasteiger partial charge in [-0.25, -0.2) is 0 Å². The molecule has 2 aromatic heterocycles. The summed E-state index contributed by atoms with van der Waals surface area (Å²) in [5, 5.41) is 11.6. The summed E-state index contributed by atoms with van der Waals surface area (Å²) in [6.45, 7) is 2.27. The lowest BCUT2D eigenvalue weighted by Gasteiger charge is -2.21. The van der Waals surface area contributed by atoms with Crippen LogP contribution in [0.25, 0.3) is 11.5 Å². The van der Waals surface area contributed by atoms with Crippen LogP contribution in [0.2, 0.25) is 0 Å². The molecule has 3 rings (SSSR count). The summed E-state index contributed by atoms with van der Waals surface area (Å²) in [7, 11) is 1.88. The summed E-state index contributed by atoms with van der Waals surface area (Å²) in [5.74, 6) is 2.09. The highest BCUT2D eigenvalue weighted by Gasteiger charge is 2.16. The quantitative estimate of drug-likeness (QED) is 0.901. The zero-order valence-electron chi connectivity index (χ0n) is 11.2. The van der Waals surface area contributed by atoms with E-state index < -0.39 is 0 Å². The minimum Gasteiger partial charge on any atom is -0.339 e. The predicted octanol–water partition coefficient (Wildman–Crippen LogP) is 1.40. The normalized spacial score (nSPS) is 16.9. The average molecular weight is 261 g/mol. The van der Waals surface area contributed by atoms with Crippen molar-refractivity contribution < 1.29 is 4.52 Å². The molecule has 0 radical (unpaired) electrons. The molecule has 1 aliphatic rings. The number of aryl methyl sites for hydroxylation is 2. The lowest BCUT2D eigenvalue weighted by molar-refractivity contribution is 0.324. The van der Waals surface area contributed by atoms with E-state index in [9.17, 15) is 0 Å². The molecule has 3 heterocycles. The first-order chi connectivity index (χ1) is 9.31. The summed E-state index contributed by atoms with van der Waals surface area (Å²) in [6, 6.07) is 1.89. The van der Waals surface area contributed by atoms with Crippen LogP contribution in [0, 0.1) is 5.92 Å². The number of rotatable bonds is 4.